The van der Waals surface area contributed by atoms with Crippen molar-refractivity contribution in [3.8, 4) is 0 Å². The molecule has 1 rings (SSSR count). The van der Waals surface area contributed by atoms with Crippen LogP contribution in [0.1, 0.15) is 68.7 Å². The summed E-state index contributed by atoms with van der Waals surface area (Å²) in [6.07, 6.45) is -0.0217. The van der Waals surface area contributed by atoms with Crippen molar-refractivity contribution in [2.45, 2.75) is 129 Å². The lowest BCUT2D eigenvalue weighted by atomic mass is 9.88. The lowest BCUT2D eigenvalue weighted by molar-refractivity contribution is -0.129. The molecule has 0 aliphatic heterocycles. The van der Waals surface area contributed by atoms with Gasteiger partial charge in [0.25, 0.3) is 8.32 Å². The first-order valence-electron chi connectivity index (χ1n) is 12.4. The summed E-state index contributed by atoms with van der Waals surface area (Å²) in [6.45, 7) is 33.5. The molecule has 0 aromatic rings. The highest BCUT2D eigenvalue weighted by Gasteiger charge is 2.49. The topological polar surface area (TPSA) is 70.8 Å². The molecule has 0 heterocycles. The van der Waals surface area contributed by atoms with Gasteiger partial charge in [-0.25, -0.2) is 0 Å². The van der Waals surface area contributed by atoms with Crippen LogP contribution in [0.4, 0.5) is 0 Å². The molecule has 8 heteroatoms. The third kappa shape index (κ3) is 7.06. The van der Waals surface area contributed by atoms with Crippen molar-refractivity contribution >= 4 is 30.7 Å². The molecule has 1 aliphatic rings. The van der Waals surface area contributed by atoms with Crippen LogP contribution in [0.2, 0.25) is 54.4 Å². The molecule has 1 aliphatic carbocycles. The molecule has 0 aromatic carbocycles. The zero-order chi connectivity index (χ0) is 26.4. The molecule has 2 N–H and O–H groups in total. The minimum absolute atomic E-state index is 0.00866. The van der Waals surface area contributed by atoms with Gasteiger partial charge in [0, 0.05) is 12.5 Å². The van der Waals surface area contributed by atoms with Crippen molar-refractivity contribution in [2.75, 3.05) is 6.61 Å². The van der Waals surface area contributed by atoms with E-state index < -0.39 is 31.1 Å². The van der Waals surface area contributed by atoms with Crippen molar-refractivity contribution in [2.24, 2.45) is 11.7 Å². The van der Waals surface area contributed by atoms with Gasteiger partial charge in [-0.15, -0.1) is 0 Å². The van der Waals surface area contributed by atoms with E-state index in [9.17, 15) is 4.79 Å². The normalized spacial score (nSPS) is 22.1. The van der Waals surface area contributed by atoms with Crippen LogP contribution in [0, 0.1) is 5.92 Å². The highest BCUT2D eigenvalue weighted by molar-refractivity contribution is 6.75. The van der Waals surface area contributed by atoms with Crippen molar-refractivity contribution in [3.05, 3.63) is 11.5 Å². The highest BCUT2D eigenvalue weighted by Crippen LogP contribution is 2.44. The van der Waals surface area contributed by atoms with Gasteiger partial charge in [-0.05, 0) is 60.8 Å². The maximum absolute atomic E-state index is 13.9. The first-order valence-corrected chi connectivity index (χ1v) is 21.1. The number of nitrogens with two attached hydrogens (primary N) is 1. The van der Waals surface area contributed by atoms with E-state index >= 15 is 0 Å². The number of Topliss-reactive ketones (excluding diaryl/α,β-unsaturated/α-hetero) is 1. The van der Waals surface area contributed by atoms with Crippen LogP contribution in [0.25, 0.3) is 0 Å². The van der Waals surface area contributed by atoms with E-state index in [4.69, 9.17) is 19.0 Å². The van der Waals surface area contributed by atoms with Crippen LogP contribution in [-0.2, 0) is 18.1 Å². The zero-order valence-electron chi connectivity index (χ0n) is 24.3. The number of hydrogen-bond acceptors (Lipinski definition) is 5. The summed E-state index contributed by atoms with van der Waals surface area (Å²) >= 11 is 0. The van der Waals surface area contributed by atoms with Crippen LogP contribution in [0.3, 0.4) is 0 Å². The van der Waals surface area contributed by atoms with Crippen molar-refractivity contribution < 1.29 is 18.1 Å². The van der Waals surface area contributed by atoms with E-state index in [0.29, 0.717) is 24.5 Å². The van der Waals surface area contributed by atoms with Gasteiger partial charge in [0.1, 0.15) is 6.10 Å². The molecule has 0 spiro atoms. The number of rotatable bonds is 7. The predicted octanol–water partition coefficient (Wildman–Crippen LogP) is 7.18. The Hall–Kier alpha value is -0.419. The van der Waals surface area contributed by atoms with E-state index in [1.165, 1.54) is 0 Å². The maximum atomic E-state index is 13.9. The Kier molecular flexibility index (Phi) is 8.87. The SMILES string of the molecule is CC(C)(C)[Si](C)(C)OC[C@H]1CC(N)=C(O[Si](C)(C)C(C)(C)C)C(=O)[C@@H]1O[Si](C)(C)C(C)(C)C. The Bertz CT molecular complexity index is 753. The summed E-state index contributed by atoms with van der Waals surface area (Å²) in [5.41, 5.74) is 7.06. The number of carbonyl (C=O) groups is 1. The quantitative estimate of drug-likeness (QED) is 0.364. The van der Waals surface area contributed by atoms with Gasteiger partial charge in [-0.2, -0.15) is 0 Å². The number of carbonyl (C=O) groups excluding carboxylic acids is 1. The lowest BCUT2D eigenvalue weighted by Crippen LogP contribution is -2.53. The van der Waals surface area contributed by atoms with Gasteiger partial charge >= 0.3 is 0 Å². The molecule has 0 radical (unpaired) electrons. The maximum Gasteiger partial charge on any atom is 0.250 e. The van der Waals surface area contributed by atoms with E-state index in [2.05, 4.69) is 102 Å². The Morgan fingerprint density at radius 3 is 1.61 bits per heavy atom. The third-order valence-electron chi connectivity index (χ3n) is 8.54. The van der Waals surface area contributed by atoms with Gasteiger partial charge in [0.2, 0.25) is 5.78 Å². The second-order valence-corrected chi connectivity index (χ2v) is 28.7. The van der Waals surface area contributed by atoms with E-state index in [1.807, 2.05) is 0 Å². The van der Waals surface area contributed by atoms with Gasteiger partial charge < -0.3 is 19.0 Å². The second-order valence-electron chi connectivity index (χ2n) is 14.4. The van der Waals surface area contributed by atoms with Crippen LogP contribution in [-0.4, -0.2) is 43.4 Å². The van der Waals surface area contributed by atoms with Gasteiger partial charge in [-0.1, -0.05) is 62.3 Å². The highest BCUT2D eigenvalue weighted by atomic mass is 28.4. The minimum atomic E-state index is -2.22. The molecule has 0 bridgehead atoms. The molecule has 0 unspecified atom stereocenters. The van der Waals surface area contributed by atoms with E-state index in [0.717, 1.165) is 0 Å². The number of allylic oxidation sites excluding steroid dienone is 1. The second kappa shape index (κ2) is 9.56. The summed E-state index contributed by atoms with van der Waals surface area (Å²) in [4.78, 5) is 13.9. The van der Waals surface area contributed by atoms with Gasteiger partial charge in [-0.3, -0.25) is 4.79 Å². The van der Waals surface area contributed by atoms with Crippen molar-refractivity contribution in [1.29, 1.82) is 0 Å². The largest absolute Gasteiger partial charge is 0.540 e. The smallest absolute Gasteiger partial charge is 0.250 e. The summed E-state index contributed by atoms with van der Waals surface area (Å²) in [7, 11) is -6.41. The van der Waals surface area contributed by atoms with Gasteiger partial charge in [0.05, 0.1) is 5.70 Å². The Labute approximate surface area is 207 Å². The third-order valence-corrected chi connectivity index (χ3v) is 21.8. The summed E-state index contributed by atoms with van der Waals surface area (Å²) in [5, 5.41) is 0.0589. The number of ketones is 1. The minimum Gasteiger partial charge on any atom is -0.540 e. The van der Waals surface area contributed by atoms with Crippen LogP contribution in [0.5, 0.6) is 0 Å². The first-order chi connectivity index (χ1) is 14.3. The van der Waals surface area contributed by atoms with Gasteiger partial charge in [0.15, 0.2) is 22.4 Å². The molecule has 5 nitrogen and oxygen atoms in total. The fourth-order valence-corrected chi connectivity index (χ4v) is 6.23. The van der Waals surface area contributed by atoms with E-state index in [1.54, 1.807) is 0 Å². The molecular formula is C25H53NO4Si3. The van der Waals surface area contributed by atoms with Crippen LogP contribution in [0.15, 0.2) is 11.5 Å². The monoisotopic (exact) mass is 515 g/mol. The summed E-state index contributed by atoms with van der Waals surface area (Å²) < 4.78 is 19.8. The van der Waals surface area contributed by atoms with E-state index in [-0.39, 0.29) is 26.8 Å². The average molecular weight is 516 g/mol. The van der Waals surface area contributed by atoms with Crippen molar-refractivity contribution in [3.63, 3.8) is 0 Å². The molecule has 0 saturated carbocycles. The van der Waals surface area contributed by atoms with Crippen LogP contribution < -0.4 is 5.73 Å². The average Bonchev–Trinajstić information content (AvgIpc) is 2.56. The Morgan fingerprint density at radius 2 is 1.21 bits per heavy atom. The zero-order valence-corrected chi connectivity index (χ0v) is 27.3. The standard InChI is InChI=1S/C25H53NO4Si3/c1-23(2,3)31(10,11)28-17-18-16-19(26)22(30-33(14,15)25(7,8)9)20(27)21(18)29-32(12,13)24(4,5)6/h18,21H,16-17,26H2,1-15H3/t18-,21-/m1/s1. The molecule has 0 saturated heterocycles. The summed E-state index contributed by atoms with van der Waals surface area (Å²) in [5.74, 6) is 0.138. The molecule has 0 fully saturated rings. The summed E-state index contributed by atoms with van der Waals surface area (Å²) in [6, 6.07) is 0. The fraction of sp³-hybridized carbons (Fsp3) is 0.880. The molecule has 0 amide bonds. The first kappa shape index (κ1) is 30.6. The lowest BCUT2D eigenvalue weighted by Gasteiger charge is -2.45. The number of hydrogen-bond donors (Lipinski definition) is 1. The molecule has 194 valence electrons. The molecular weight excluding hydrogens is 463 g/mol. The predicted molar refractivity (Wildman–Crippen MR) is 148 cm³/mol. The van der Waals surface area contributed by atoms with Crippen LogP contribution >= 0.6 is 0 Å². The Morgan fingerprint density at radius 1 is 0.788 bits per heavy atom. The van der Waals surface area contributed by atoms with Crippen molar-refractivity contribution in [1.82, 2.24) is 0 Å². The molecule has 33 heavy (non-hydrogen) atoms. The fourth-order valence-electron chi connectivity index (χ4n) is 2.83. The Balaban J connectivity index is 3.38. The molecule has 0 aromatic heterocycles. The molecule has 2 atom stereocenters.